The number of likely N-dealkylation sites (N-methyl/N-ethyl adjacent to an activating group) is 2. The summed E-state index contributed by atoms with van der Waals surface area (Å²) in [4.78, 5) is 26.8. The lowest BCUT2D eigenvalue weighted by Gasteiger charge is -2.31. The molecule has 0 atom stereocenters. The summed E-state index contributed by atoms with van der Waals surface area (Å²) in [5, 5.41) is 0.217. The van der Waals surface area contributed by atoms with Crippen LogP contribution in [0, 0.1) is 3.57 Å². The average molecular weight is 386 g/mol. The molecule has 1 aromatic rings. The van der Waals surface area contributed by atoms with E-state index in [1.54, 1.807) is 20.2 Å². The van der Waals surface area contributed by atoms with Crippen LogP contribution in [0.1, 0.15) is 5.56 Å². The topological polar surface area (TPSA) is 40.6 Å². The molecule has 0 radical (unpaired) electrons. The van der Waals surface area contributed by atoms with Crippen molar-refractivity contribution in [3.05, 3.63) is 39.0 Å². The predicted octanol–water partition coefficient (Wildman–Crippen LogP) is 1.89. The van der Waals surface area contributed by atoms with Crippen molar-refractivity contribution in [3.63, 3.8) is 0 Å². The number of halogens is 1. The van der Waals surface area contributed by atoms with Gasteiger partial charge in [-0.15, -0.1) is 0 Å². The fraction of sp³-hybridized carbons (Fsp3) is 0.154. The number of hydrogen-bond donors (Lipinski definition) is 0. The van der Waals surface area contributed by atoms with E-state index in [0.29, 0.717) is 0 Å². The Kier molecular flexibility index (Phi) is 4.00. The molecule has 0 aliphatic carbocycles. The molecule has 1 aliphatic heterocycles. The van der Waals surface area contributed by atoms with Gasteiger partial charge >= 0.3 is 0 Å². The molecule has 0 saturated carbocycles. The van der Waals surface area contributed by atoms with Gasteiger partial charge in [0.1, 0.15) is 5.57 Å². The largest absolute Gasteiger partial charge is 0.288 e. The van der Waals surface area contributed by atoms with Crippen molar-refractivity contribution >= 4 is 57.8 Å². The molecule has 1 aromatic carbocycles. The second-order valence-electron chi connectivity index (χ2n) is 4.12. The van der Waals surface area contributed by atoms with Crippen LogP contribution in [0.5, 0.6) is 0 Å². The number of carbonyl (C=O) groups excluding carboxylic acids is 2. The number of thiocarbonyl (C=S) groups is 1. The number of carbonyl (C=O) groups is 2. The van der Waals surface area contributed by atoms with Gasteiger partial charge in [-0.1, -0.05) is 12.1 Å². The highest BCUT2D eigenvalue weighted by Crippen LogP contribution is 2.18. The summed E-state index contributed by atoms with van der Waals surface area (Å²) >= 11 is 7.21. The molecule has 6 heteroatoms. The number of benzene rings is 1. The van der Waals surface area contributed by atoms with Crippen molar-refractivity contribution in [2.75, 3.05) is 14.1 Å². The number of rotatable bonds is 1. The van der Waals surface area contributed by atoms with Crippen LogP contribution in [0.3, 0.4) is 0 Å². The molecule has 98 valence electrons. The third-order valence-electron chi connectivity index (χ3n) is 2.80. The van der Waals surface area contributed by atoms with Crippen molar-refractivity contribution in [1.29, 1.82) is 0 Å². The van der Waals surface area contributed by atoms with Crippen molar-refractivity contribution in [2.45, 2.75) is 0 Å². The van der Waals surface area contributed by atoms with Gasteiger partial charge in [0.2, 0.25) is 0 Å². The quantitative estimate of drug-likeness (QED) is 0.320. The first-order chi connectivity index (χ1) is 8.91. The third-order valence-corrected chi connectivity index (χ3v) is 4.02. The zero-order chi connectivity index (χ0) is 14.2. The Morgan fingerprint density at radius 1 is 1.16 bits per heavy atom. The maximum Gasteiger partial charge on any atom is 0.265 e. The molecule has 2 amide bonds. The van der Waals surface area contributed by atoms with Crippen molar-refractivity contribution in [1.82, 2.24) is 9.80 Å². The molecule has 0 unspecified atom stereocenters. The minimum absolute atomic E-state index is 0.126. The zero-order valence-corrected chi connectivity index (χ0v) is 13.4. The standard InChI is InChI=1S/C13H11IN2O2S/c1-15-11(17)10(12(18)16(2)13(15)19)7-8-4-3-5-9(14)6-8/h3-7H,1-2H3. The van der Waals surface area contributed by atoms with Crippen LogP contribution < -0.4 is 0 Å². The zero-order valence-electron chi connectivity index (χ0n) is 10.4. The molecule has 1 fully saturated rings. The molecule has 0 N–H and O–H groups in total. The van der Waals surface area contributed by atoms with E-state index >= 15 is 0 Å². The van der Waals surface area contributed by atoms with Gasteiger partial charge in [0.05, 0.1) is 0 Å². The first kappa shape index (κ1) is 14.1. The van der Waals surface area contributed by atoms with Gasteiger partial charge in [-0.2, -0.15) is 0 Å². The van der Waals surface area contributed by atoms with Gasteiger partial charge < -0.3 is 0 Å². The summed E-state index contributed by atoms with van der Waals surface area (Å²) in [7, 11) is 3.13. The van der Waals surface area contributed by atoms with Crippen LogP contribution >= 0.6 is 34.8 Å². The minimum atomic E-state index is -0.369. The Morgan fingerprint density at radius 2 is 1.74 bits per heavy atom. The smallest absolute Gasteiger partial charge is 0.265 e. The number of nitrogens with zero attached hydrogens (tertiary/aromatic N) is 2. The normalized spacial score (nSPS) is 16.2. The summed E-state index contributed by atoms with van der Waals surface area (Å²) < 4.78 is 1.04. The minimum Gasteiger partial charge on any atom is -0.288 e. The van der Waals surface area contributed by atoms with Crippen LogP contribution in [0.15, 0.2) is 29.8 Å². The van der Waals surface area contributed by atoms with E-state index in [1.807, 2.05) is 24.3 Å². The second kappa shape index (κ2) is 5.38. The van der Waals surface area contributed by atoms with Gasteiger partial charge in [-0.05, 0) is 58.6 Å². The lowest BCUT2D eigenvalue weighted by atomic mass is 10.1. The Balaban J connectivity index is 2.45. The summed E-state index contributed by atoms with van der Waals surface area (Å²) in [6.45, 7) is 0. The van der Waals surface area contributed by atoms with Gasteiger partial charge in [0.15, 0.2) is 5.11 Å². The average Bonchev–Trinajstić information content (AvgIpc) is 2.39. The molecule has 1 saturated heterocycles. The Hall–Kier alpha value is -1.28. The number of hydrogen-bond acceptors (Lipinski definition) is 3. The molecule has 2 rings (SSSR count). The van der Waals surface area contributed by atoms with E-state index < -0.39 is 0 Å². The van der Waals surface area contributed by atoms with Crippen molar-refractivity contribution < 1.29 is 9.59 Å². The maximum atomic E-state index is 12.1. The maximum absolute atomic E-state index is 12.1. The Labute approximate surface area is 130 Å². The van der Waals surface area contributed by atoms with Crippen molar-refractivity contribution in [2.24, 2.45) is 0 Å². The summed E-state index contributed by atoms with van der Waals surface area (Å²) in [5.74, 6) is -0.737. The predicted molar refractivity (Wildman–Crippen MR) is 85.3 cm³/mol. The van der Waals surface area contributed by atoms with E-state index in [-0.39, 0.29) is 22.5 Å². The molecule has 0 spiro atoms. The Bertz CT molecular complexity index is 586. The monoisotopic (exact) mass is 386 g/mol. The molecule has 1 aliphatic rings. The van der Waals surface area contributed by atoms with E-state index in [1.165, 1.54) is 9.80 Å². The summed E-state index contributed by atoms with van der Waals surface area (Å²) in [6, 6.07) is 7.58. The van der Waals surface area contributed by atoms with Crippen LogP contribution in [0.25, 0.3) is 6.08 Å². The molecule has 1 heterocycles. The van der Waals surface area contributed by atoms with E-state index in [2.05, 4.69) is 22.6 Å². The van der Waals surface area contributed by atoms with Gasteiger partial charge in [0.25, 0.3) is 11.8 Å². The van der Waals surface area contributed by atoms with Gasteiger partial charge in [-0.25, -0.2) is 0 Å². The fourth-order valence-corrected chi connectivity index (χ4v) is 2.47. The molecule has 19 heavy (non-hydrogen) atoms. The fourth-order valence-electron chi connectivity index (χ4n) is 1.74. The van der Waals surface area contributed by atoms with Crippen LogP contribution in [-0.4, -0.2) is 40.8 Å². The Morgan fingerprint density at radius 3 is 2.26 bits per heavy atom. The van der Waals surface area contributed by atoms with E-state index in [4.69, 9.17) is 12.2 Å². The highest BCUT2D eigenvalue weighted by molar-refractivity contribution is 14.1. The molecular formula is C13H11IN2O2S. The molecular weight excluding hydrogens is 375 g/mol. The van der Waals surface area contributed by atoms with Gasteiger partial charge in [0, 0.05) is 17.7 Å². The molecule has 4 nitrogen and oxygen atoms in total. The van der Waals surface area contributed by atoms with Crippen LogP contribution in [0.2, 0.25) is 0 Å². The lowest BCUT2D eigenvalue weighted by Crippen LogP contribution is -2.52. The highest BCUT2D eigenvalue weighted by atomic mass is 127. The first-order valence-electron chi connectivity index (χ1n) is 5.49. The number of amides is 2. The summed E-state index contributed by atoms with van der Waals surface area (Å²) in [5.41, 5.74) is 0.943. The van der Waals surface area contributed by atoms with Gasteiger partial charge in [-0.3, -0.25) is 19.4 Å². The van der Waals surface area contributed by atoms with Crippen LogP contribution in [-0.2, 0) is 9.59 Å². The molecule has 0 aromatic heterocycles. The third kappa shape index (κ3) is 2.69. The SMILES string of the molecule is CN1C(=O)C(=Cc2cccc(I)c2)C(=O)N(C)C1=S. The van der Waals surface area contributed by atoms with Crippen LogP contribution in [0.4, 0.5) is 0 Å². The molecule has 0 bridgehead atoms. The lowest BCUT2D eigenvalue weighted by molar-refractivity contribution is -0.132. The van der Waals surface area contributed by atoms with Crippen molar-refractivity contribution in [3.8, 4) is 0 Å². The highest BCUT2D eigenvalue weighted by Gasteiger charge is 2.35. The van der Waals surface area contributed by atoms with E-state index in [9.17, 15) is 9.59 Å². The van der Waals surface area contributed by atoms with E-state index in [0.717, 1.165) is 9.13 Å². The summed E-state index contributed by atoms with van der Waals surface area (Å²) in [6.07, 6.45) is 1.60. The second-order valence-corrected chi connectivity index (χ2v) is 5.73. The first-order valence-corrected chi connectivity index (χ1v) is 6.98.